The Morgan fingerprint density at radius 1 is 0.909 bits per heavy atom. The number of carbonyl (C=O) groups excluding carboxylic acids is 1. The summed E-state index contributed by atoms with van der Waals surface area (Å²) < 4.78 is 11.0. The van der Waals surface area contributed by atoms with E-state index in [4.69, 9.17) is 21.1 Å². The number of amides is 1. The summed E-state index contributed by atoms with van der Waals surface area (Å²) in [5, 5.41) is 2.95. The first kappa shape index (κ1) is 21.4. The highest BCUT2D eigenvalue weighted by molar-refractivity contribution is 6.31. The monoisotopic (exact) mass is 457 g/mol. The van der Waals surface area contributed by atoms with Crippen molar-refractivity contribution in [2.24, 2.45) is 0 Å². The zero-order valence-electron chi connectivity index (χ0n) is 18.5. The number of fused-ring (bicyclic) bond motifs is 3. The van der Waals surface area contributed by atoms with Gasteiger partial charge in [-0.3, -0.25) is 4.79 Å². The quantitative estimate of drug-likeness (QED) is 0.340. The standard InChI is InChI=1S/C28H24ClNO3/c1-32-25-14-12-19(15-26(25)33-2)22-16-27(31)30(17-20-8-4-6-10-23(20)29)24-13-11-18-7-3-5-9-21(18)28(22)24/h3-15,22H,16-17H2,1-2H3. The van der Waals surface area contributed by atoms with Crippen LogP contribution in [0.15, 0.2) is 78.9 Å². The van der Waals surface area contributed by atoms with E-state index < -0.39 is 0 Å². The number of benzene rings is 4. The molecule has 4 aromatic rings. The Hall–Kier alpha value is -3.50. The molecule has 33 heavy (non-hydrogen) atoms. The zero-order valence-corrected chi connectivity index (χ0v) is 19.3. The summed E-state index contributed by atoms with van der Waals surface area (Å²) in [6.07, 6.45) is 0.362. The second kappa shape index (κ2) is 8.80. The largest absolute Gasteiger partial charge is 0.493 e. The molecule has 1 aliphatic heterocycles. The highest BCUT2D eigenvalue weighted by atomic mass is 35.5. The number of anilines is 1. The first-order valence-corrected chi connectivity index (χ1v) is 11.3. The van der Waals surface area contributed by atoms with Crippen molar-refractivity contribution in [3.05, 3.63) is 101 Å². The number of rotatable bonds is 5. The average Bonchev–Trinajstić information content (AvgIpc) is 2.85. The molecule has 4 nitrogen and oxygen atoms in total. The molecule has 0 spiro atoms. The van der Waals surface area contributed by atoms with E-state index in [1.165, 1.54) is 0 Å². The third-order valence-corrected chi connectivity index (χ3v) is 6.73. The highest BCUT2D eigenvalue weighted by Crippen LogP contribution is 2.46. The minimum absolute atomic E-state index is 0.0671. The smallest absolute Gasteiger partial charge is 0.228 e. The SMILES string of the molecule is COc1ccc(C2CC(=O)N(Cc3ccccc3Cl)c3ccc4ccccc4c32)cc1OC. The van der Waals surface area contributed by atoms with Crippen LogP contribution in [0, 0.1) is 0 Å². The Kier molecular flexibility index (Phi) is 5.69. The van der Waals surface area contributed by atoms with Crippen LogP contribution in [0.5, 0.6) is 11.5 Å². The molecular formula is C28H24ClNO3. The molecule has 0 aromatic heterocycles. The number of halogens is 1. The van der Waals surface area contributed by atoms with Crippen molar-refractivity contribution in [3.8, 4) is 11.5 Å². The molecule has 1 amide bonds. The second-order valence-corrected chi connectivity index (χ2v) is 8.57. The van der Waals surface area contributed by atoms with Gasteiger partial charge in [0.25, 0.3) is 0 Å². The summed E-state index contributed by atoms with van der Waals surface area (Å²) in [6.45, 7) is 0.433. The Bertz CT molecular complexity index is 1350. The van der Waals surface area contributed by atoms with Crippen molar-refractivity contribution in [1.82, 2.24) is 0 Å². The van der Waals surface area contributed by atoms with E-state index in [2.05, 4.69) is 24.3 Å². The van der Waals surface area contributed by atoms with Gasteiger partial charge in [0.05, 0.1) is 20.8 Å². The van der Waals surface area contributed by atoms with Crippen LogP contribution in [0.25, 0.3) is 10.8 Å². The Morgan fingerprint density at radius 2 is 1.67 bits per heavy atom. The van der Waals surface area contributed by atoms with Crippen molar-refractivity contribution in [1.29, 1.82) is 0 Å². The number of ether oxygens (including phenoxy) is 2. The van der Waals surface area contributed by atoms with Gasteiger partial charge in [-0.1, -0.05) is 66.2 Å². The summed E-state index contributed by atoms with van der Waals surface area (Å²) in [6, 6.07) is 26.0. The maximum atomic E-state index is 13.5. The molecule has 4 aromatic carbocycles. The first-order chi connectivity index (χ1) is 16.1. The third kappa shape index (κ3) is 3.81. The number of nitrogens with zero attached hydrogens (tertiary/aromatic N) is 1. The second-order valence-electron chi connectivity index (χ2n) is 8.16. The lowest BCUT2D eigenvalue weighted by molar-refractivity contribution is -0.119. The van der Waals surface area contributed by atoms with Crippen LogP contribution in [0.2, 0.25) is 5.02 Å². The average molecular weight is 458 g/mol. The fourth-order valence-electron chi connectivity index (χ4n) is 4.73. The maximum Gasteiger partial charge on any atom is 0.228 e. The molecule has 0 bridgehead atoms. The summed E-state index contributed by atoms with van der Waals surface area (Å²) >= 11 is 6.44. The van der Waals surface area contributed by atoms with Gasteiger partial charge in [-0.2, -0.15) is 0 Å². The molecule has 0 saturated carbocycles. The molecule has 1 atom stereocenters. The Balaban J connectivity index is 1.68. The Morgan fingerprint density at radius 3 is 2.45 bits per heavy atom. The van der Waals surface area contributed by atoms with Gasteiger partial charge in [0.1, 0.15) is 0 Å². The molecule has 5 heteroatoms. The molecule has 5 rings (SSSR count). The number of hydrogen-bond donors (Lipinski definition) is 0. The van der Waals surface area contributed by atoms with Gasteiger partial charge < -0.3 is 14.4 Å². The lowest BCUT2D eigenvalue weighted by atomic mass is 9.81. The van der Waals surface area contributed by atoms with Gasteiger partial charge in [-0.25, -0.2) is 0 Å². The van der Waals surface area contributed by atoms with Gasteiger partial charge in [-0.05, 0) is 51.7 Å². The van der Waals surface area contributed by atoms with Crippen molar-refractivity contribution in [2.75, 3.05) is 19.1 Å². The van der Waals surface area contributed by atoms with Crippen LogP contribution >= 0.6 is 11.6 Å². The molecule has 1 heterocycles. The fourth-order valence-corrected chi connectivity index (χ4v) is 4.93. The number of methoxy groups -OCH3 is 2. The lowest BCUT2D eigenvalue weighted by Gasteiger charge is -2.35. The van der Waals surface area contributed by atoms with E-state index in [9.17, 15) is 4.79 Å². The number of carbonyl (C=O) groups is 1. The van der Waals surface area contributed by atoms with Crippen LogP contribution < -0.4 is 14.4 Å². The van der Waals surface area contributed by atoms with Crippen molar-refractivity contribution in [2.45, 2.75) is 18.9 Å². The minimum atomic E-state index is -0.0964. The summed E-state index contributed by atoms with van der Waals surface area (Å²) in [5.74, 6) is 1.29. The summed E-state index contributed by atoms with van der Waals surface area (Å²) in [4.78, 5) is 15.4. The van der Waals surface area contributed by atoms with Gasteiger partial charge in [-0.15, -0.1) is 0 Å². The normalized spacial score (nSPS) is 15.4. The van der Waals surface area contributed by atoms with E-state index in [1.807, 2.05) is 59.5 Å². The third-order valence-electron chi connectivity index (χ3n) is 6.36. The summed E-state index contributed by atoms with van der Waals surface area (Å²) in [5.41, 5.74) is 4.02. The highest BCUT2D eigenvalue weighted by Gasteiger charge is 2.34. The lowest BCUT2D eigenvalue weighted by Crippen LogP contribution is -2.36. The van der Waals surface area contributed by atoms with Gasteiger partial charge in [0.15, 0.2) is 11.5 Å². The van der Waals surface area contributed by atoms with Crippen LogP contribution in [0.3, 0.4) is 0 Å². The van der Waals surface area contributed by atoms with E-state index in [-0.39, 0.29) is 11.8 Å². The topological polar surface area (TPSA) is 38.8 Å². The first-order valence-electron chi connectivity index (χ1n) is 10.9. The molecule has 166 valence electrons. The van der Waals surface area contributed by atoms with Gasteiger partial charge in [0.2, 0.25) is 5.91 Å². The van der Waals surface area contributed by atoms with E-state index in [0.717, 1.165) is 33.2 Å². The zero-order chi connectivity index (χ0) is 22.9. The maximum absolute atomic E-state index is 13.5. The molecule has 1 aliphatic rings. The van der Waals surface area contributed by atoms with E-state index >= 15 is 0 Å². The van der Waals surface area contributed by atoms with Crippen LogP contribution in [-0.2, 0) is 11.3 Å². The molecule has 0 radical (unpaired) electrons. The molecule has 0 aliphatic carbocycles. The molecule has 0 saturated heterocycles. The van der Waals surface area contributed by atoms with E-state index in [1.54, 1.807) is 14.2 Å². The van der Waals surface area contributed by atoms with Crippen molar-refractivity contribution in [3.63, 3.8) is 0 Å². The van der Waals surface area contributed by atoms with Crippen LogP contribution in [0.1, 0.15) is 29.0 Å². The molecular weight excluding hydrogens is 434 g/mol. The van der Waals surface area contributed by atoms with Crippen LogP contribution in [-0.4, -0.2) is 20.1 Å². The van der Waals surface area contributed by atoms with Gasteiger partial charge in [0, 0.05) is 23.0 Å². The minimum Gasteiger partial charge on any atom is -0.493 e. The van der Waals surface area contributed by atoms with E-state index in [0.29, 0.717) is 29.5 Å². The fraction of sp³-hybridized carbons (Fsp3) is 0.179. The van der Waals surface area contributed by atoms with Crippen molar-refractivity contribution >= 4 is 34.0 Å². The molecule has 1 unspecified atom stereocenters. The predicted molar refractivity (Wildman–Crippen MR) is 133 cm³/mol. The van der Waals surface area contributed by atoms with Gasteiger partial charge >= 0.3 is 0 Å². The number of hydrogen-bond acceptors (Lipinski definition) is 3. The Labute approximate surface area is 198 Å². The predicted octanol–water partition coefficient (Wildman–Crippen LogP) is 6.58. The molecule has 0 fully saturated rings. The summed E-state index contributed by atoms with van der Waals surface area (Å²) in [7, 11) is 3.25. The molecule has 0 N–H and O–H groups in total. The van der Waals surface area contributed by atoms with Crippen LogP contribution in [0.4, 0.5) is 5.69 Å². The van der Waals surface area contributed by atoms with Crippen molar-refractivity contribution < 1.29 is 14.3 Å².